The van der Waals surface area contributed by atoms with E-state index in [1.54, 1.807) is 6.20 Å². The van der Waals surface area contributed by atoms with Crippen LogP contribution in [0.2, 0.25) is 5.02 Å². The molecule has 152 valence electrons. The summed E-state index contributed by atoms with van der Waals surface area (Å²) >= 11 is 8.54. The molecule has 1 aromatic carbocycles. The third-order valence-electron chi connectivity index (χ3n) is 5.76. The maximum Gasteiger partial charge on any atom is 0.225 e. The first-order valence-corrected chi connectivity index (χ1v) is 11.6. The average Bonchev–Trinajstić information content (AvgIpc) is 3.49. The minimum Gasteiger partial charge on any atom is -0.437 e. The molecular weight excluding hydrogens is 408 g/mol. The summed E-state index contributed by atoms with van der Waals surface area (Å²) in [5.41, 5.74) is 2.25. The monoisotopic (exact) mass is 430 g/mol. The van der Waals surface area contributed by atoms with Crippen molar-refractivity contribution in [1.29, 1.82) is 0 Å². The summed E-state index contributed by atoms with van der Waals surface area (Å²) < 4.78 is 7.99. The molecule has 2 aromatic heterocycles. The van der Waals surface area contributed by atoms with Crippen molar-refractivity contribution in [3.63, 3.8) is 0 Å². The van der Waals surface area contributed by atoms with Gasteiger partial charge in [-0.1, -0.05) is 16.8 Å². The Hall–Kier alpha value is -1.83. The molecule has 5 rings (SSSR count). The molecule has 1 saturated heterocycles. The van der Waals surface area contributed by atoms with Crippen LogP contribution in [0.4, 0.5) is 0 Å². The van der Waals surface area contributed by atoms with Crippen LogP contribution in [-0.2, 0) is 6.54 Å². The van der Waals surface area contributed by atoms with Gasteiger partial charge in [-0.3, -0.25) is 0 Å². The zero-order chi connectivity index (χ0) is 19.8. The topological polar surface area (TPSA) is 73.1 Å². The first-order valence-electron chi connectivity index (χ1n) is 10.1. The fourth-order valence-corrected chi connectivity index (χ4v) is 5.23. The zero-order valence-corrected chi connectivity index (χ0v) is 17.6. The number of benzene rings is 1. The van der Waals surface area contributed by atoms with Gasteiger partial charge in [0.15, 0.2) is 5.75 Å². The van der Waals surface area contributed by atoms with E-state index in [0.717, 1.165) is 36.4 Å². The summed E-state index contributed by atoms with van der Waals surface area (Å²) in [4.78, 5) is 4.38. The Morgan fingerprint density at radius 3 is 2.83 bits per heavy atom. The molecule has 1 N–H and O–H groups in total. The molecule has 1 atom stereocenters. The fraction of sp³-hybridized carbons (Fsp3) is 0.476. The van der Waals surface area contributed by atoms with Crippen LogP contribution in [0, 0.1) is 11.8 Å². The van der Waals surface area contributed by atoms with Gasteiger partial charge in [-0.2, -0.15) is 11.8 Å². The highest BCUT2D eigenvalue weighted by Gasteiger charge is 2.27. The summed E-state index contributed by atoms with van der Waals surface area (Å²) in [6.45, 7) is 0.878. The summed E-state index contributed by atoms with van der Waals surface area (Å²) in [5, 5.41) is 19.9. The van der Waals surface area contributed by atoms with Gasteiger partial charge in [-0.25, -0.2) is 9.67 Å². The molecule has 0 radical (unpaired) electrons. The van der Waals surface area contributed by atoms with Gasteiger partial charge >= 0.3 is 0 Å². The van der Waals surface area contributed by atoms with Crippen LogP contribution >= 0.6 is 23.4 Å². The van der Waals surface area contributed by atoms with Crippen LogP contribution in [0.1, 0.15) is 37.4 Å². The first-order chi connectivity index (χ1) is 14.2. The third-order valence-corrected chi connectivity index (χ3v) is 7.17. The SMILES string of the molecule is OC(c1cccnc1Oc1ccc2c(nnn2CC2CC2)c1Cl)C1CCSCC1. The second kappa shape index (κ2) is 8.13. The Morgan fingerprint density at radius 2 is 2.03 bits per heavy atom. The van der Waals surface area contributed by atoms with Crippen LogP contribution < -0.4 is 4.74 Å². The van der Waals surface area contributed by atoms with Crippen molar-refractivity contribution in [3.8, 4) is 11.6 Å². The van der Waals surface area contributed by atoms with Gasteiger partial charge in [-0.15, -0.1) is 5.10 Å². The second-order valence-corrected chi connectivity index (χ2v) is 9.46. The van der Waals surface area contributed by atoms with Crippen LogP contribution in [0.3, 0.4) is 0 Å². The molecule has 6 nitrogen and oxygen atoms in total. The van der Waals surface area contributed by atoms with Crippen LogP contribution in [0.15, 0.2) is 30.5 Å². The van der Waals surface area contributed by atoms with Gasteiger partial charge in [0, 0.05) is 18.3 Å². The summed E-state index contributed by atoms with van der Waals surface area (Å²) in [5.74, 6) is 3.95. The quantitative estimate of drug-likeness (QED) is 0.602. The Balaban J connectivity index is 1.42. The first kappa shape index (κ1) is 19.2. The molecule has 1 aliphatic carbocycles. The normalized spacial score (nSPS) is 18.8. The number of aliphatic hydroxyl groups excluding tert-OH is 1. The number of pyridine rings is 1. The third kappa shape index (κ3) is 3.96. The van der Waals surface area contributed by atoms with Crippen molar-refractivity contribution >= 4 is 34.4 Å². The molecule has 0 bridgehead atoms. The molecule has 1 saturated carbocycles. The van der Waals surface area contributed by atoms with Crippen molar-refractivity contribution in [1.82, 2.24) is 20.0 Å². The molecule has 8 heteroatoms. The lowest BCUT2D eigenvalue weighted by molar-refractivity contribution is 0.100. The molecule has 1 aliphatic heterocycles. The number of rotatable bonds is 6. The van der Waals surface area contributed by atoms with E-state index in [-0.39, 0.29) is 5.92 Å². The maximum atomic E-state index is 11.0. The van der Waals surface area contributed by atoms with Gasteiger partial charge in [0.25, 0.3) is 0 Å². The highest BCUT2D eigenvalue weighted by molar-refractivity contribution is 7.99. The van der Waals surface area contributed by atoms with E-state index < -0.39 is 6.10 Å². The number of ether oxygens (including phenoxy) is 1. The summed E-state index contributed by atoms with van der Waals surface area (Å²) in [7, 11) is 0. The highest BCUT2D eigenvalue weighted by Crippen LogP contribution is 2.40. The Morgan fingerprint density at radius 1 is 1.21 bits per heavy atom. The van der Waals surface area contributed by atoms with E-state index in [0.29, 0.717) is 33.7 Å². The van der Waals surface area contributed by atoms with Gasteiger partial charge < -0.3 is 9.84 Å². The number of halogens is 1. The van der Waals surface area contributed by atoms with Gasteiger partial charge in [0.1, 0.15) is 10.5 Å². The average molecular weight is 431 g/mol. The maximum absolute atomic E-state index is 11.0. The van der Waals surface area contributed by atoms with Crippen molar-refractivity contribution < 1.29 is 9.84 Å². The Bertz CT molecular complexity index is 1020. The van der Waals surface area contributed by atoms with E-state index in [2.05, 4.69) is 15.3 Å². The fourth-order valence-electron chi connectivity index (χ4n) is 3.85. The van der Waals surface area contributed by atoms with E-state index in [1.807, 2.05) is 40.7 Å². The lowest BCUT2D eigenvalue weighted by Gasteiger charge is -2.27. The van der Waals surface area contributed by atoms with Crippen molar-refractivity contribution in [3.05, 3.63) is 41.0 Å². The molecule has 1 unspecified atom stereocenters. The van der Waals surface area contributed by atoms with Gasteiger partial charge in [0.2, 0.25) is 5.88 Å². The molecule has 3 aromatic rings. The summed E-state index contributed by atoms with van der Waals surface area (Å²) in [6, 6.07) is 7.49. The van der Waals surface area contributed by atoms with Crippen LogP contribution in [0.5, 0.6) is 11.6 Å². The van der Waals surface area contributed by atoms with Gasteiger partial charge in [-0.05, 0) is 73.3 Å². The van der Waals surface area contributed by atoms with Crippen LogP contribution in [-0.4, -0.2) is 36.6 Å². The molecule has 0 amide bonds. The van der Waals surface area contributed by atoms with Crippen molar-refractivity contribution in [2.75, 3.05) is 11.5 Å². The Kier molecular flexibility index (Phi) is 5.37. The number of hydrogen-bond donors (Lipinski definition) is 1. The zero-order valence-electron chi connectivity index (χ0n) is 16.0. The molecule has 2 aliphatic rings. The van der Waals surface area contributed by atoms with E-state index in [9.17, 15) is 5.11 Å². The Labute approximate surface area is 178 Å². The van der Waals surface area contributed by atoms with E-state index in [4.69, 9.17) is 16.3 Å². The minimum atomic E-state index is -0.596. The van der Waals surface area contributed by atoms with Crippen molar-refractivity contribution in [2.45, 2.75) is 38.3 Å². The predicted octanol–water partition coefficient (Wildman–Crippen LogP) is 4.86. The molecule has 0 spiro atoms. The number of aliphatic hydroxyl groups is 1. The lowest BCUT2D eigenvalue weighted by Crippen LogP contribution is -2.18. The lowest BCUT2D eigenvalue weighted by atomic mass is 9.91. The number of aromatic nitrogens is 4. The summed E-state index contributed by atoms with van der Waals surface area (Å²) in [6.07, 6.45) is 5.57. The number of thioether (sulfide) groups is 1. The van der Waals surface area contributed by atoms with Crippen molar-refractivity contribution in [2.24, 2.45) is 11.8 Å². The second-order valence-electron chi connectivity index (χ2n) is 7.85. The highest BCUT2D eigenvalue weighted by atomic mass is 35.5. The molecule has 29 heavy (non-hydrogen) atoms. The number of hydrogen-bond acceptors (Lipinski definition) is 6. The minimum absolute atomic E-state index is 0.225. The van der Waals surface area contributed by atoms with Gasteiger partial charge in [0.05, 0.1) is 11.6 Å². The van der Waals surface area contributed by atoms with E-state index >= 15 is 0 Å². The molecule has 2 fully saturated rings. The molecular formula is C21H23ClN4O2S. The largest absolute Gasteiger partial charge is 0.437 e. The standard InChI is InChI=1S/C21H23ClN4O2S/c22-18-17(6-5-16-19(18)24-25-26(16)12-13-3-4-13)28-21-15(2-1-9-23-21)20(27)14-7-10-29-11-8-14/h1-2,5-6,9,13-14,20,27H,3-4,7-8,10-12H2. The van der Waals surface area contributed by atoms with E-state index in [1.165, 1.54) is 12.8 Å². The predicted molar refractivity (Wildman–Crippen MR) is 115 cm³/mol. The number of nitrogens with zero attached hydrogens (tertiary/aromatic N) is 4. The number of fused-ring (bicyclic) bond motifs is 1. The smallest absolute Gasteiger partial charge is 0.225 e. The van der Waals surface area contributed by atoms with Crippen LogP contribution in [0.25, 0.3) is 11.0 Å². The molecule has 3 heterocycles.